The highest BCUT2D eigenvalue weighted by atomic mass is 35.5. The standard InChI is InChI=1S/C20H19ClN4O3/c1-24-11-13(10-23-24)12-4-5-16(22-9-12)17-3-2-6-25(17)20(28)14-7-15(21)19(27)8-18(14)26/h4-5,7-11,17,26-27H,2-3,6H2,1H3. The van der Waals surface area contributed by atoms with Gasteiger partial charge < -0.3 is 15.1 Å². The molecule has 28 heavy (non-hydrogen) atoms. The van der Waals surface area contributed by atoms with Gasteiger partial charge in [0.15, 0.2) is 0 Å². The second-order valence-corrected chi connectivity index (χ2v) is 7.26. The Hall–Kier alpha value is -3.06. The predicted octanol–water partition coefficient (Wildman–Crippen LogP) is 3.52. The molecule has 0 radical (unpaired) electrons. The number of aromatic nitrogens is 3. The molecule has 3 aromatic rings. The molecule has 1 aliphatic rings. The molecule has 144 valence electrons. The Bertz CT molecular complexity index is 1030. The Morgan fingerprint density at radius 3 is 2.68 bits per heavy atom. The van der Waals surface area contributed by atoms with Crippen molar-refractivity contribution >= 4 is 17.5 Å². The molecular weight excluding hydrogens is 380 g/mol. The van der Waals surface area contributed by atoms with Crippen molar-refractivity contribution in [3.63, 3.8) is 0 Å². The molecule has 1 aromatic carbocycles. The Balaban J connectivity index is 1.60. The van der Waals surface area contributed by atoms with E-state index in [9.17, 15) is 15.0 Å². The van der Waals surface area contributed by atoms with Crippen LogP contribution in [0.4, 0.5) is 0 Å². The quantitative estimate of drug-likeness (QED) is 0.704. The third kappa shape index (κ3) is 3.29. The molecule has 1 unspecified atom stereocenters. The lowest BCUT2D eigenvalue weighted by Gasteiger charge is -2.25. The summed E-state index contributed by atoms with van der Waals surface area (Å²) in [5.41, 5.74) is 2.80. The summed E-state index contributed by atoms with van der Waals surface area (Å²) in [6.45, 7) is 0.563. The van der Waals surface area contributed by atoms with Gasteiger partial charge in [-0.05, 0) is 25.0 Å². The molecule has 8 heteroatoms. The van der Waals surface area contributed by atoms with E-state index in [2.05, 4.69) is 10.1 Å². The number of aromatic hydroxyl groups is 2. The fourth-order valence-electron chi connectivity index (χ4n) is 3.54. The van der Waals surface area contributed by atoms with E-state index in [1.165, 1.54) is 6.07 Å². The van der Waals surface area contributed by atoms with Crippen LogP contribution in [0.3, 0.4) is 0 Å². The number of phenolic OH excluding ortho intramolecular Hbond substituents is 2. The van der Waals surface area contributed by atoms with Crippen molar-refractivity contribution < 1.29 is 15.0 Å². The van der Waals surface area contributed by atoms with Crippen LogP contribution in [-0.4, -0.2) is 42.3 Å². The fourth-order valence-corrected chi connectivity index (χ4v) is 3.70. The number of hydrogen-bond donors (Lipinski definition) is 2. The van der Waals surface area contributed by atoms with Crippen molar-refractivity contribution in [2.45, 2.75) is 18.9 Å². The number of rotatable bonds is 3. The number of nitrogens with zero attached hydrogens (tertiary/aromatic N) is 4. The van der Waals surface area contributed by atoms with Gasteiger partial charge in [-0.25, -0.2) is 0 Å². The number of pyridine rings is 1. The van der Waals surface area contributed by atoms with E-state index < -0.39 is 0 Å². The van der Waals surface area contributed by atoms with Crippen LogP contribution >= 0.6 is 11.6 Å². The number of benzene rings is 1. The van der Waals surface area contributed by atoms with Gasteiger partial charge in [0.1, 0.15) is 11.5 Å². The van der Waals surface area contributed by atoms with E-state index in [1.807, 2.05) is 25.4 Å². The normalized spacial score (nSPS) is 16.5. The number of aryl methyl sites for hydroxylation is 1. The van der Waals surface area contributed by atoms with E-state index >= 15 is 0 Å². The Labute approximate surface area is 166 Å². The van der Waals surface area contributed by atoms with Crippen LogP contribution in [0.15, 0.2) is 42.9 Å². The second kappa shape index (κ2) is 7.16. The van der Waals surface area contributed by atoms with Crippen LogP contribution in [0.1, 0.15) is 34.9 Å². The first-order chi connectivity index (χ1) is 13.4. The predicted molar refractivity (Wildman–Crippen MR) is 104 cm³/mol. The molecule has 7 nitrogen and oxygen atoms in total. The lowest BCUT2D eigenvalue weighted by atomic mass is 10.1. The maximum absolute atomic E-state index is 13.0. The summed E-state index contributed by atoms with van der Waals surface area (Å²) in [6, 6.07) is 6.09. The summed E-state index contributed by atoms with van der Waals surface area (Å²) < 4.78 is 1.73. The van der Waals surface area contributed by atoms with Gasteiger partial charge in [-0.1, -0.05) is 17.7 Å². The molecule has 3 heterocycles. The summed E-state index contributed by atoms with van der Waals surface area (Å²) in [5.74, 6) is -0.890. The van der Waals surface area contributed by atoms with Crippen molar-refractivity contribution in [2.24, 2.45) is 7.05 Å². The first kappa shape index (κ1) is 18.3. The molecule has 2 aromatic heterocycles. The number of phenols is 2. The molecule has 0 bridgehead atoms. The third-order valence-electron chi connectivity index (χ3n) is 4.98. The summed E-state index contributed by atoms with van der Waals surface area (Å²) in [5, 5.41) is 23.9. The summed E-state index contributed by atoms with van der Waals surface area (Å²) >= 11 is 5.92. The van der Waals surface area contributed by atoms with Gasteiger partial charge in [0.2, 0.25) is 0 Å². The van der Waals surface area contributed by atoms with E-state index in [0.717, 1.165) is 35.7 Å². The highest BCUT2D eigenvalue weighted by Crippen LogP contribution is 2.36. The summed E-state index contributed by atoms with van der Waals surface area (Å²) in [4.78, 5) is 19.2. The van der Waals surface area contributed by atoms with E-state index in [1.54, 1.807) is 22.0 Å². The van der Waals surface area contributed by atoms with Crippen LogP contribution in [0.2, 0.25) is 5.02 Å². The maximum atomic E-state index is 13.0. The van der Waals surface area contributed by atoms with E-state index in [4.69, 9.17) is 11.6 Å². The minimum Gasteiger partial charge on any atom is -0.507 e. The Morgan fingerprint density at radius 1 is 1.18 bits per heavy atom. The van der Waals surface area contributed by atoms with Crippen LogP contribution in [0.25, 0.3) is 11.1 Å². The minimum atomic E-state index is -0.333. The maximum Gasteiger partial charge on any atom is 0.258 e. The van der Waals surface area contributed by atoms with Crippen LogP contribution < -0.4 is 0 Å². The van der Waals surface area contributed by atoms with Crippen molar-refractivity contribution in [3.8, 4) is 22.6 Å². The highest BCUT2D eigenvalue weighted by Gasteiger charge is 2.33. The SMILES string of the molecule is Cn1cc(-c2ccc(C3CCCN3C(=O)c3cc(Cl)c(O)cc3O)nc2)cn1. The summed E-state index contributed by atoms with van der Waals surface area (Å²) in [6.07, 6.45) is 7.10. The van der Waals surface area contributed by atoms with Gasteiger partial charge in [0.05, 0.1) is 28.5 Å². The highest BCUT2D eigenvalue weighted by molar-refractivity contribution is 6.32. The second-order valence-electron chi connectivity index (χ2n) is 6.85. The monoisotopic (exact) mass is 398 g/mol. The molecule has 1 fully saturated rings. The lowest BCUT2D eigenvalue weighted by molar-refractivity contribution is 0.0730. The smallest absolute Gasteiger partial charge is 0.258 e. The molecule has 1 saturated heterocycles. The molecule has 2 N–H and O–H groups in total. The Morgan fingerprint density at radius 2 is 2.00 bits per heavy atom. The van der Waals surface area contributed by atoms with E-state index in [-0.39, 0.29) is 34.0 Å². The number of hydrogen-bond acceptors (Lipinski definition) is 5. The fraction of sp³-hybridized carbons (Fsp3) is 0.250. The zero-order valence-corrected chi connectivity index (χ0v) is 16.0. The topological polar surface area (TPSA) is 91.5 Å². The van der Waals surface area contributed by atoms with Crippen molar-refractivity contribution in [3.05, 3.63) is 59.1 Å². The molecule has 0 aliphatic carbocycles. The van der Waals surface area contributed by atoms with Crippen LogP contribution in [-0.2, 0) is 7.05 Å². The van der Waals surface area contributed by atoms with Gasteiger partial charge in [-0.2, -0.15) is 5.10 Å². The molecular formula is C20H19ClN4O3. The Kier molecular flexibility index (Phi) is 4.68. The largest absolute Gasteiger partial charge is 0.507 e. The molecule has 0 saturated carbocycles. The van der Waals surface area contributed by atoms with E-state index in [0.29, 0.717) is 6.54 Å². The zero-order chi connectivity index (χ0) is 19.8. The first-order valence-corrected chi connectivity index (χ1v) is 9.29. The molecule has 1 amide bonds. The molecule has 1 atom stereocenters. The van der Waals surface area contributed by atoms with Crippen molar-refractivity contribution in [1.82, 2.24) is 19.7 Å². The molecule has 4 rings (SSSR count). The average molecular weight is 399 g/mol. The zero-order valence-electron chi connectivity index (χ0n) is 15.2. The third-order valence-corrected chi connectivity index (χ3v) is 5.28. The lowest BCUT2D eigenvalue weighted by Crippen LogP contribution is -2.31. The van der Waals surface area contributed by atoms with Crippen LogP contribution in [0.5, 0.6) is 11.5 Å². The molecule has 1 aliphatic heterocycles. The van der Waals surface area contributed by atoms with Crippen molar-refractivity contribution in [1.29, 1.82) is 0 Å². The van der Waals surface area contributed by atoms with Gasteiger partial charge in [0.25, 0.3) is 5.91 Å². The number of likely N-dealkylation sites (tertiary alicyclic amines) is 1. The van der Waals surface area contributed by atoms with Crippen LogP contribution in [0, 0.1) is 0 Å². The minimum absolute atomic E-state index is 0.0239. The first-order valence-electron chi connectivity index (χ1n) is 8.91. The number of amides is 1. The summed E-state index contributed by atoms with van der Waals surface area (Å²) in [7, 11) is 1.86. The average Bonchev–Trinajstić information content (AvgIpc) is 3.33. The number of halogens is 1. The van der Waals surface area contributed by atoms with Crippen molar-refractivity contribution in [2.75, 3.05) is 6.54 Å². The van der Waals surface area contributed by atoms with Gasteiger partial charge >= 0.3 is 0 Å². The van der Waals surface area contributed by atoms with Gasteiger partial charge in [-0.3, -0.25) is 14.5 Å². The van der Waals surface area contributed by atoms with Gasteiger partial charge in [-0.15, -0.1) is 0 Å². The number of carbonyl (C=O) groups excluding carboxylic acids is 1. The molecule has 0 spiro atoms. The van der Waals surface area contributed by atoms with Gasteiger partial charge in [0, 0.05) is 43.2 Å². The number of carbonyl (C=O) groups is 1.